The van der Waals surface area contributed by atoms with Gasteiger partial charge in [-0.25, -0.2) is 4.39 Å². The van der Waals surface area contributed by atoms with Crippen LogP contribution in [0.15, 0.2) is 42.5 Å². The number of hydrogen-bond acceptors (Lipinski definition) is 1. The lowest BCUT2D eigenvalue weighted by molar-refractivity contribution is -0.137. The molecule has 0 spiro atoms. The Balaban J connectivity index is 2.30. The Kier molecular flexibility index (Phi) is 4.18. The topological polar surface area (TPSA) is 29.1 Å². The van der Waals surface area contributed by atoms with Crippen molar-refractivity contribution < 1.29 is 22.4 Å². The zero-order chi connectivity index (χ0) is 15.6. The molecule has 110 valence electrons. The van der Waals surface area contributed by atoms with E-state index in [0.29, 0.717) is 0 Å². The molecule has 0 unspecified atom stereocenters. The van der Waals surface area contributed by atoms with E-state index in [2.05, 4.69) is 5.32 Å². The van der Waals surface area contributed by atoms with Gasteiger partial charge in [0.25, 0.3) is 5.91 Å². The predicted octanol–water partition coefficient (Wildman–Crippen LogP) is 4.75. The molecule has 21 heavy (non-hydrogen) atoms. The van der Waals surface area contributed by atoms with E-state index in [0.717, 1.165) is 24.3 Å². The molecule has 2 nitrogen and oxygen atoms in total. The van der Waals surface area contributed by atoms with E-state index in [1.54, 1.807) is 0 Å². The fourth-order valence-electron chi connectivity index (χ4n) is 1.67. The molecular formula is C14H8ClF4NO. The molecule has 0 saturated carbocycles. The third-order valence-electron chi connectivity index (χ3n) is 2.60. The van der Waals surface area contributed by atoms with Gasteiger partial charge in [0, 0.05) is 10.7 Å². The van der Waals surface area contributed by atoms with Crippen LogP contribution in [0.1, 0.15) is 15.9 Å². The van der Waals surface area contributed by atoms with Crippen LogP contribution < -0.4 is 5.32 Å². The molecule has 1 N–H and O–H groups in total. The smallest absolute Gasteiger partial charge is 0.322 e. The highest BCUT2D eigenvalue weighted by molar-refractivity contribution is 6.31. The van der Waals surface area contributed by atoms with Gasteiger partial charge in [-0.15, -0.1) is 0 Å². The Morgan fingerprint density at radius 1 is 1.10 bits per heavy atom. The number of amides is 1. The molecule has 2 rings (SSSR count). The van der Waals surface area contributed by atoms with Crippen LogP contribution in [0.4, 0.5) is 23.2 Å². The van der Waals surface area contributed by atoms with Crippen molar-refractivity contribution in [1.82, 2.24) is 0 Å². The number of alkyl halides is 3. The molecule has 0 heterocycles. The first-order valence-electron chi connectivity index (χ1n) is 5.71. The lowest BCUT2D eigenvalue weighted by Crippen LogP contribution is -2.14. The second kappa shape index (κ2) is 5.73. The molecule has 2 aromatic rings. The van der Waals surface area contributed by atoms with Gasteiger partial charge in [0.05, 0.1) is 11.1 Å². The largest absolute Gasteiger partial charge is 0.416 e. The van der Waals surface area contributed by atoms with Gasteiger partial charge in [0.15, 0.2) is 0 Å². The molecule has 0 bridgehead atoms. The molecule has 0 aliphatic heterocycles. The number of nitrogens with one attached hydrogen (secondary N) is 1. The van der Waals surface area contributed by atoms with E-state index in [9.17, 15) is 22.4 Å². The van der Waals surface area contributed by atoms with Crippen molar-refractivity contribution in [2.24, 2.45) is 0 Å². The summed E-state index contributed by atoms with van der Waals surface area (Å²) >= 11 is 5.59. The van der Waals surface area contributed by atoms with Crippen LogP contribution in [0.5, 0.6) is 0 Å². The maximum atomic E-state index is 13.4. The van der Waals surface area contributed by atoms with Gasteiger partial charge in [-0.1, -0.05) is 23.7 Å². The summed E-state index contributed by atoms with van der Waals surface area (Å²) in [5, 5.41) is 2.00. The van der Waals surface area contributed by atoms with E-state index in [-0.39, 0.29) is 16.3 Å². The molecule has 0 atom stereocenters. The lowest BCUT2D eigenvalue weighted by atomic mass is 10.1. The zero-order valence-corrected chi connectivity index (χ0v) is 11.1. The Labute approximate surface area is 122 Å². The molecule has 1 amide bonds. The first-order chi connectivity index (χ1) is 9.77. The summed E-state index contributed by atoms with van der Waals surface area (Å²) in [5.41, 5.74) is -1.44. The number of carbonyl (C=O) groups is 1. The summed E-state index contributed by atoms with van der Waals surface area (Å²) in [5.74, 6) is -1.63. The highest BCUT2D eigenvalue weighted by atomic mass is 35.5. The van der Waals surface area contributed by atoms with Crippen LogP contribution in [0.3, 0.4) is 0 Å². The predicted molar refractivity (Wildman–Crippen MR) is 70.8 cm³/mol. The van der Waals surface area contributed by atoms with E-state index >= 15 is 0 Å². The van der Waals surface area contributed by atoms with Crippen molar-refractivity contribution in [2.45, 2.75) is 6.18 Å². The summed E-state index contributed by atoms with van der Waals surface area (Å²) in [7, 11) is 0. The highest BCUT2D eigenvalue weighted by Crippen LogP contribution is 2.33. The number of rotatable bonds is 2. The Hall–Kier alpha value is -2.08. The summed E-state index contributed by atoms with van der Waals surface area (Å²) < 4.78 is 51.3. The van der Waals surface area contributed by atoms with Crippen LogP contribution in [0.25, 0.3) is 0 Å². The van der Waals surface area contributed by atoms with Crippen LogP contribution in [-0.4, -0.2) is 5.91 Å². The van der Waals surface area contributed by atoms with Gasteiger partial charge < -0.3 is 5.32 Å². The van der Waals surface area contributed by atoms with Crippen molar-refractivity contribution in [1.29, 1.82) is 0 Å². The fourth-order valence-corrected chi connectivity index (χ4v) is 1.90. The SMILES string of the molecule is O=C(Nc1cc(Cl)cc(C(F)(F)F)c1)c1ccccc1F. The van der Waals surface area contributed by atoms with Gasteiger partial charge in [-0.05, 0) is 30.3 Å². The minimum Gasteiger partial charge on any atom is -0.322 e. The van der Waals surface area contributed by atoms with Gasteiger partial charge in [0.2, 0.25) is 0 Å². The Bertz CT molecular complexity index is 685. The maximum absolute atomic E-state index is 13.4. The zero-order valence-electron chi connectivity index (χ0n) is 10.3. The van der Waals surface area contributed by atoms with Crippen molar-refractivity contribution in [3.05, 3.63) is 64.4 Å². The van der Waals surface area contributed by atoms with Crippen LogP contribution in [-0.2, 0) is 6.18 Å². The molecule has 7 heteroatoms. The van der Waals surface area contributed by atoms with Crippen molar-refractivity contribution >= 4 is 23.2 Å². The molecule has 0 radical (unpaired) electrons. The molecular weight excluding hydrogens is 310 g/mol. The number of hydrogen-bond donors (Lipinski definition) is 1. The van der Waals surface area contributed by atoms with E-state index in [4.69, 9.17) is 11.6 Å². The Morgan fingerprint density at radius 2 is 1.76 bits per heavy atom. The quantitative estimate of drug-likeness (QED) is 0.796. The van der Waals surface area contributed by atoms with Gasteiger partial charge in [-0.2, -0.15) is 13.2 Å². The first-order valence-corrected chi connectivity index (χ1v) is 6.09. The average Bonchev–Trinajstić information content (AvgIpc) is 2.37. The summed E-state index contributed by atoms with van der Waals surface area (Å²) in [6.07, 6.45) is -4.59. The molecule has 0 fully saturated rings. The monoisotopic (exact) mass is 317 g/mol. The standard InChI is InChI=1S/C14H8ClF4NO/c15-9-5-8(14(17,18)19)6-10(7-9)20-13(21)11-3-1-2-4-12(11)16/h1-7H,(H,20,21). The molecule has 0 saturated heterocycles. The third kappa shape index (κ3) is 3.72. The van der Waals surface area contributed by atoms with Crippen LogP contribution in [0, 0.1) is 5.82 Å². The molecule has 0 aromatic heterocycles. The average molecular weight is 318 g/mol. The van der Waals surface area contributed by atoms with E-state index in [1.807, 2.05) is 0 Å². The summed E-state index contributed by atoms with van der Waals surface area (Å²) in [6.45, 7) is 0. The van der Waals surface area contributed by atoms with Gasteiger partial charge in [-0.3, -0.25) is 4.79 Å². The summed E-state index contributed by atoms with van der Waals surface area (Å²) in [6, 6.07) is 7.75. The maximum Gasteiger partial charge on any atom is 0.416 e. The van der Waals surface area contributed by atoms with E-state index in [1.165, 1.54) is 18.2 Å². The molecule has 0 aliphatic carbocycles. The number of anilines is 1. The molecule has 0 aliphatic rings. The van der Waals surface area contributed by atoms with Gasteiger partial charge in [0.1, 0.15) is 5.82 Å². The second-order valence-electron chi connectivity index (χ2n) is 4.16. The number of carbonyl (C=O) groups excluding carboxylic acids is 1. The molecule has 2 aromatic carbocycles. The van der Waals surface area contributed by atoms with Crippen molar-refractivity contribution in [3.63, 3.8) is 0 Å². The minimum atomic E-state index is -4.59. The lowest BCUT2D eigenvalue weighted by Gasteiger charge is -2.11. The van der Waals surface area contributed by atoms with E-state index < -0.39 is 23.5 Å². The van der Waals surface area contributed by atoms with Crippen molar-refractivity contribution in [2.75, 3.05) is 5.32 Å². The normalized spacial score (nSPS) is 11.3. The number of benzene rings is 2. The van der Waals surface area contributed by atoms with Crippen LogP contribution in [0.2, 0.25) is 5.02 Å². The third-order valence-corrected chi connectivity index (χ3v) is 2.82. The van der Waals surface area contributed by atoms with Crippen molar-refractivity contribution in [3.8, 4) is 0 Å². The number of halogens is 5. The fraction of sp³-hybridized carbons (Fsp3) is 0.0714. The second-order valence-corrected chi connectivity index (χ2v) is 4.60. The van der Waals surface area contributed by atoms with Gasteiger partial charge >= 0.3 is 6.18 Å². The highest BCUT2D eigenvalue weighted by Gasteiger charge is 2.31. The Morgan fingerprint density at radius 3 is 2.38 bits per heavy atom. The first kappa shape index (κ1) is 15.3. The summed E-state index contributed by atoms with van der Waals surface area (Å²) in [4.78, 5) is 11.8. The van der Waals surface area contributed by atoms with Crippen LogP contribution >= 0.6 is 11.6 Å². The minimum absolute atomic E-state index is 0.164.